The number of ether oxygens (including phenoxy) is 2. The molecule has 0 fully saturated rings. The third-order valence-corrected chi connectivity index (χ3v) is 4.51. The van der Waals surface area contributed by atoms with Gasteiger partial charge in [-0.05, 0) is 37.3 Å². The first kappa shape index (κ1) is 19.2. The van der Waals surface area contributed by atoms with Crippen molar-refractivity contribution in [2.75, 3.05) is 19.1 Å². The van der Waals surface area contributed by atoms with E-state index in [4.69, 9.17) is 9.47 Å². The van der Waals surface area contributed by atoms with Crippen LogP contribution in [0.5, 0.6) is 11.5 Å². The Morgan fingerprint density at radius 1 is 0.929 bits per heavy atom. The number of ketones is 1. The summed E-state index contributed by atoms with van der Waals surface area (Å²) < 4.78 is 10.4. The van der Waals surface area contributed by atoms with Gasteiger partial charge in [0.05, 0.1) is 25.5 Å². The number of carbonyl (C=O) groups is 3. The van der Waals surface area contributed by atoms with Crippen LogP contribution in [0.2, 0.25) is 0 Å². The van der Waals surface area contributed by atoms with Crippen molar-refractivity contribution in [3.05, 3.63) is 53.1 Å². The van der Waals surface area contributed by atoms with Crippen molar-refractivity contribution in [3.63, 3.8) is 0 Å². The summed E-state index contributed by atoms with van der Waals surface area (Å²) in [6.45, 7) is 2.66. The molecule has 7 heteroatoms. The zero-order valence-electron chi connectivity index (χ0n) is 15.9. The van der Waals surface area contributed by atoms with Crippen molar-refractivity contribution in [2.45, 2.75) is 13.8 Å². The number of hydrogen-bond acceptors (Lipinski definition) is 6. The smallest absolute Gasteiger partial charge is 0.269 e. The highest BCUT2D eigenvalue weighted by Gasteiger charge is 2.38. The summed E-state index contributed by atoms with van der Waals surface area (Å²) in [6, 6.07) is 9.28. The molecular formula is C21H19NO6. The van der Waals surface area contributed by atoms with E-state index >= 15 is 0 Å². The number of imide groups is 1. The van der Waals surface area contributed by atoms with E-state index in [0.717, 1.165) is 4.90 Å². The van der Waals surface area contributed by atoms with Crippen LogP contribution in [0.15, 0.2) is 36.4 Å². The summed E-state index contributed by atoms with van der Waals surface area (Å²) >= 11 is 0. The number of aliphatic hydroxyl groups is 1. The Hall–Kier alpha value is -3.61. The van der Waals surface area contributed by atoms with Crippen molar-refractivity contribution in [2.24, 2.45) is 0 Å². The standard InChI is InChI=1S/C21H19NO6/c1-11(23)13-5-6-18-17(9-13)19(21(26)22(18)12(2)24)20(25)14-7-15(27-3)10-16(8-14)28-4/h5-10,25H,1-4H3. The second kappa shape index (κ2) is 7.19. The minimum absolute atomic E-state index is 0.0661. The third kappa shape index (κ3) is 3.11. The maximum atomic E-state index is 12.9. The van der Waals surface area contributed by atoms with E-state index in [-0.39, 0.29) is 22.7 Å². The van der Waals surface area contributed by atoms with E-state index < -0.39 is 11.8 Å². The number of amides is 2. The maximum absolute atomic E-state index is 12.9. The first-order valence-corrected chi connectivity index (χ1v) is 8.45. The van der Waals surface area contributed by atoms with E-state index in [0.29, 0.717) is 28.3 Å². The molecule has 1 aliphatic rings. The molecule has 3 rings (SSSR count). The Morgan fingerprint density at radius 2 is 1.54 bits per heavy atom. The average molecular weight is 381 g/mol. The normalized spacial score (nSPS) is 14.6. The van der Waals surface area contributed by atoms with Gasteiger partial charge in [0.25, 0.3) is 5.91 Å². The fourth-order valence-corrected chi connectivity index (χ4v) is 3.12. The fourth-order valence-electron chi connectivity index (χ4n) is 3.12. The lowest BCUT2D eigenvalue weighted by molar-refractivity contribution is -0.122. The average Bonchev–Trinajstić information content (AvgIpc) is 2.97. The predicted molar refractivity (Wildman–Crippen MR) is 104 cm³/mol. The van der Waals surface area contributed by atoms with Gasteiger partial charge in [0.15, 0.2) is 5.78 Å². The van der Waals surface area contributed by atoms with Gasteiger partial charge in [-0.2, -0.15) is 0 Å². The molecule has 0 saturated heterocycles. The molecule has 144 valence electrons. The molecule has 1 N–H and O–H groups in total. The number of nitrogens with zero attached hydrogens (tertiary/aromatic N) is 1. The van der Waals surface area contributed by atoms with Crippen molar-refractivity contribution in [1.29, 1.82) is 0 Å². The van der Waals surface area contributed by atoms with Crippen LogP contribution < -0.4 is 14.4 Å². The number of anilines is 1. The van der Waals surface area contributed by atoms with Crippen molar-refractivity contribution in [1.82, 2.24) is 0 Å². The maximum Gasteiger partial charge on any atom is 0.269 e. The Kier molecular flexibility index (Phi) is 4.92. The van der Waals surface area contributed by atoms with Crippen molar-refractivity contribution in [3.8, 4) is 11.5 Å². The van der Waals surface area contributed by atoms with Crippen LogP contribution in [0.25, 0.3) is 11.3 Å². The molecule has 0 unspecified atom stereocenters. The van der Waals surface area contributed by atoms with Gasteiger partial charge in [0, 0.05) is 29.7 Å². The van der Waals surface area contributed by atoms with Gasteiger partial charge < -0.3 is 14.6 Å². The first-order valence-electron chi connectivity index (χ1n) is 8.45. The summed E-state index contributed by atoms with van der Waals surface area (Å²) in [5, 5.41) is 10.9. The monoisotopic (exact) mass is 381 g/mol. The zero-order valence-corrected chi connectivity index (χ0v) is 15.9. The Bertz CT molecular complexity index is 1010. The molecular weight excluding hydrogens is 362 g/mol. The number of aliphatic hydroxyl groups excluding tert-OH is 1. The Morgan fingerprint density at radius 3 is 2.04 bits per heavy atom. The van der Waals surface area contributed by atoms with Crippen LogP contribution in [0.1, 0.15) is 35.3 Å². The van der Waals surface area contributed by atoms with Crippen LogP contribution >= 0.6 is 0 Å². The molecule has 2 aromatic carbocycles. The quantitative estimate of drug-likeness (QED) is 0.497. The molecule has 7 nitrogen and oxygen atoms in total. The molecule has 2 amide bonds. The van der Waals surface area contributed by atoms with E-state index in [2.05, 4.69) is 0 Å². The number of rotatable bonds is 4. The van der Waals surface area contributed by atoms with Crippen LogP contribution in [0.4, 0.5) is 5.69 Å². The van der Waals surface area contributed by atoms with E-state index in [9.17, 15) is 19.5 Å². The van der Waals surface area contributed by atoms with Gasteiger partial charge in [-0.25, -0.2) is 4.90 Å². The lowest BCUT2D eigenvalue weighted by atomic mass is 9.99. The molecule has 2 aromatic rings. The number of hydrogen-bond donors (Lipinski definition) is 1. The summed E-state index contributed by atoms with van der Waals surface area (Å²) in [4.78, 5) is 37.7. The second-order valence-electron chi connectivity index (χ2n) is 6.27. The van der Waals surface area contributed by atoms with Gasteiger partial charge >= 0.3 is 0 Å². The highest BCUT2D eigenvalue weighted by molar-refractivity contribution is 6.43. The van der Waals surface area contributed by atoms with E-state index in [1.165, 1.54) is 40.2 Å². The molecule has 0 radical (unpaired) electrons. The predicted octanol–water partition coefficient (Wildman–Crippen LogP) is 3.23. The number of fused-ring (bicyclic) bond motifs is 1. The summed E-state index contributed by atoms with van der Waals surface area (Å²) in [6.07, 6.45) is 0. The molecule has 1 heterocycles. The van der Waals surface area contributed by atoms with Crippen molar-refractivity contribution < 1.29 is 29.0 Å². The molecule has 0 aromatic heterocycles. The number of carbonyl (C=O) groups excluding carboxylic acids is 3. The Labute approximate surface area is 161 Å². The second-order valence-corrected chi connectivity index (χ2v) is 6.27. The molecule has 0 saturated carbocycles. The summed E-state index contributed by atoms with van der Waals surface area (Å²) in [7, 11) is 2.94. The molecule has 0 atom stereocenters. The van der Waals surface area contributed by atoms with Gasteiger partial charge in [-0.3, -0.25) is 14.4 Å². The fraction of sp³-hybridized carbons (Fsp3) is 0.190. The number of benzene rings is 2. The highest BCUT2D eigenvalue weighted by atomic mass is 16.5. The van der Waals surface area contributed by atoms with Crippen LogP contribution in [-0.2, 0) is 9.59 Å². The van der Waals surface area contributed by atoms with E-state index in [1.54, 1.807) is 24.3 Å². The number of Topliss-reactive ketones (excluding diaryl/α,β-unsaturated/α-hetero) is 1. The summed E-state index contributed by atoms with van der Waals surface area (Å²) in [5.41, 5.74) is 1.21. The SMILES string of the molecule is COc1cc(OC)cc(C(O)=C2C(=O)N(C(C)=O)c3ccc(C(C)=O)cc32)c1. The minimum Gasteiger partial charge on any atom is -0.506 e. The van der Waals surface area contributed by atoms with Gasteiger partial charge in [0.1, 0.15) is 17.3 Å². The van der Waals surface area contributed by atoms with Gasteiger partial charge in [0.2, 0.25) is 5.91 Å². The van der Waals surface area contributed by atoms with Gasteiger partial charge in [-0.15, -0.1) is 0 Å². The third-order valence-electron chi connectivity index (χ3n) is 4.51. The molecule has 28 heavy (non-hydrogen) atoms. The van der Waals surface area contributed by atoms with E-state index in [1.807, 2.05) is 0 Å². The molecule has 0 aliphatic carbocycles. The lowest BCUT2D eigenvalue weighted by Gasteiger charge is -2.12. The van der Waals surface area contributed by atoms with Gasteiger partial charge in [-0.1, -0.05) is 0 Å². The highest BCUT2D eigenvalue weighted by Crippen LogP contribution is 2.41. The molecule has 1 aliphatic heterocycles. The number of methoxy groups -OCH3 is 2. The first-order chi connectivity index (χ1) is 13.3. The van der Waals surface area contributed by atoms with Crippen molar-refractivity contribution >= 4 is 34.6 Å². The zero-order chi connectivity index (χ0) is 20.6. The van der Waals surface area contributed by atoms with Crippen LogP contribution in [0.3, 0.4) is 0 Å². The summed E-state index contributed by atoms with van der Waals surface area (Å²) in [5.74, 6) is -0.845. The lowest BCUT2D eigenvalue weighted by Crippen LogP contribution is -2.31. The Balaban J connectivity index is 2.29. The van der Waals surface area contributed by atoms with Crippen LogP contribution in [0, 0.1) is 0 Å². The molecule has 0 spiro atoms. The topological polar surface area (TPSA) is 93.1 Å². The minimum atomic E-state index is -0.664. The molecule has 0 bridgehead atoms. The largest absolute Gasteiger partial charge is 0.506 e. The van der Waals surface area contributed by atoms with Crippen LogP contribution in [-0.4, -0.2) is 36.9 Å².